The molecular weight excluding hydrogens is 463 g/mol. The highest BCUT2D eigenvalue weighted by Crippen LogP contribution is 2.15. The Labute approximate surface area is 186 Å². The van der Waals surface area contributed by atoms with Crippen molar-refractivity contribution < 1.29 is 0 Å². The van der Waals surface area contributed by atoms with Gasteiger partial charge in [0.05, 0.1) is 11.0 Å². The summed E-state index contributed by atoms with van der Waals surface area (Å²) in [6.45, 7) is 9.65. The maximum Gasteiger partial charge on any atom is 0.191 e. The zero-order valence-electron chi connectivity index (χ0n) is 17.4. The third-order valence-corrected chi connectivity index (χ3v) is 5.55. The molecule has 1 fully saturated rings. The fourth-order valence-corrected chi connectivity index (χ4v) is 4.00. The number of rotatable bonds is 8. The van der Waals surface area contributed by atoms with Gasteiger partial charge in [-0.15, -0.1) is 24.0 Å². The van der Waals surface area contributed by atoms with Crippen molar-refractivity contribution in [2.45, 2.75) is 52.1 Å². The lowest BCUT2D eigenvalue weighted by molar-refractivity contribution is 0.236. The highest BCUT2D eigenvalue weighted by atomic mass is 127. The van der Waals surface area contributed by atoms with Crippen molar-refractivity contribution in [1.29, 1.82) is 0 Å². The molecule has 156 valence electrons. The van der Waals surface area contributed by atoms with Gasteiger partial charge in [-0.2, -0.15) is 0 Å². The average molecular weight is 498 g/mol. The van der Waals surface area contributed by atoms with Crippen LogP contribution in [0.5, 0.6) is 0 Å². The maximum absolute atomic E-state index is 4.64. The van der Waals surface area contributed by atoms with Gasteiger partial charge in [-0.3, -0.25) is 9.89 Å². The van der Waals surface area contributed by atoms with Crippen LogP contribution in [0.15, 0.2) is 29.3 Å². The molecule has 1 unspecified atom stereocenters. The number of aliphatic imine (C=N–C) groups is 1. The van der Waals surface area contributed by atoms with E-state index in [1.165, 1.54) is 37.9 Å². The molecule has 0 amide bonds. The number of likely N-dealkylation sites (tertiary alicyclic amines) is 1. The molecule has 0 radical (unpaired) electrons. The van der Waals surface area contributed by atoms with Gasteiger partial charge in [0.1, 0.15) is 5.82 Å². The molecule has 1 aromatic carbocycles. The quantitative estimate of drug-likeness (QED) is 0.254. The molecule has 1 atom stereocenters. The molecule has 7 heteroatoms. The molecule has 0 bridgehead atoms. The van der Waals surface area contributed by atoms with Gasteiger partial charge in [0, 0.05) is 32.7 Å². The summed E-state index contributed by atoms with van der Waals surface area (Å²) in [5.74, 6) is 1.98. The zero-order chi connectivity index (χ0) is 19.1. The first-order valence-electron chi connectivity index (χ1n) is 10.3. The molecule has 28 heavy (non-hydrogen) atoms. The molecule has 0 spiro atoms. The van der Waals surface area contributed by atoms with Crippen LogP contribution in [0.1, 0.15) is 38.4 Å². The molecule has 0 saturated carbocycles. The number of hydrogen-bond acceptors (Lipinski definition) is 3. The number of fused-ring (bicyclic) bond motifs is 1. The van der Waals surface area contributed by atoms with Gasteiger partial charge in [0.2, 0.25) is 0 Å². The van der Waals surface area contributed by atoms with Gasteiger partial charge in [-0.25, -0.2) is 4.98 Å². The normalized spacial score (nSPS) is 16.2. The Bertz CT molecular complexity index is 750. The number of para-hydroxylation sites is 2. The van der Waals surface area contributed by atoms with Crippen molar-refractivity contribution in [3.05, 3.63) is 30.1 Å². The van der Waals surface area contributed by atoms with E-state index in [-0.39, 0.29) is 24.0 Å². The molecule has 2 aromatic rings. The van der Waals surface area contributed by atoms with Gasteiger partial charge < -0.3 is 15.2 Å². The molecule has 3 rings (SSSR count). The van der Waals surface area contributed by atoms with Crippen LogP contribution in [0.25, 0.3) is 11.0 Å². The minimum Gasteiger partial charge on any atom is -0.356 e. The van der Waals surface area contributed by atoms with Crippen LogP contribution in [0.2, 0.25) is 0 Å². The number of nitrogens with zero attached hydrogens (tertiary/aromatic N) is 4. The number of halogens is 1. The third kappa shape index (κ3) is 5.83. The molecular formula is C21H35IN6. The van der Waals surface area contributed by atoms with Crippen LogP contribution in [0, 0.1) is 6.92 Å². The summed E-state index contributed by atoms with van der Waals surface area (Å²) in [5, 5.41) is 6.97. The third-order valence-electron chi connectivity index (χ3n) is 5.55. The van der Waals surface area contributed by atoms with Gasteiger partial charge in [0.15, 0.2) is 5.96 Å². The van der Waals surface area contributed by atoms with E-state index in [1.807, 2.05) is 13.1 Å². The topological polar surface area (TPSA) is 57.5 Å². The van der Waals surface area contributed by atoms with Crippen molar-refractivity contribution in [2.75, 3.05) is 33.2 Å². The van der Waals surface area contributed by atoms with Crippen molar-refractivity contribution in [3.8, 4) is 0 Å². The van der Waals surface area contributed by atoms with E-state index in [2.05, 4.69) is 62.1 Å². The summed E-state index contributed by atoms with van der Waals surface area (Å²) in [4.78, 5) is 11.6. The molecule has 2 N–H and O–H groups in total. The predicted molar refractivity (Wildman–Crippen MR) is 129 cm³/mol. The van der Waals surface area contributed by atoms with Crippen LogP contribution < -0.4 is 10.6 Å². The average Bonchev–Trinajstić information content (AvgIpc) is 3.32. The van der Waals surface area contributed by atoms with Gasteiger partial charge in [-0.05, 0) is 57.8 Å². The molecule has 2 heterocycles. The molecule has 6 nitrogen and oxygen atoms in total. The van der Waals surface area contributed by atoms with Gasteiger partial charge in [-0.1, -0.05) is 19.1 Å². The first-order valence-corrected chi connectivity index (χ1v) is 10.3. The lowest BCUT2D eigenvalue weighted by atomic mass is 10.2. The summed E-state index contributed by atoms with van der Waals surface area (Å²) >= 11 is 0. The Morgan fingerprint density at radius 3 is 2.68 bits per heavy atom. The summed E-state index contributed by atoms with van der Waals surface area (Å²) in [6, 6.07) is 8.95. The molecule has 1 aliphatic heterocycles. The second kappa shape index (κ2) is 11.6. The Morgan fingerprint density at radius 1 is 1.21 bits per heavy atom. The fraction of sp³-hybridized carbons (Fsp3) is 0.619. The molecule has 0 aliphatic carbocycles. The second-order valence-corrected chi connectivity index (χ2v) is 7.34. The summed E-state index contributed by atoms with van der Waals surface area (Å²) < 4.78 is 2.30. The minimum atomic E-state index is 0. The smallest absolute Gasteiger partial charge is 0.191 e. The molecule has 1 aromatic heterocycles. The largest absolute Gasteiger partial charge is 0.356 e. The van der Waals surface area contributed by atoms with Gasteiger partial charge >= 0.3 is 0 Å². The number of aryl methyl sites for hydroxylation is 2. The van der Waals surface area contributed by atoms with E-state index in [0.717, 1.165) is 43.4 Å². The van der Waals surface area contributed by atoms with Crippen molar-refractivity contribution in [2.24, 2.45) is 4.99 Å². The van der Waals surface area contributed by atoms with Crippen LogP contribution in [-0.2, 0) is 6.54 Å². The van der Waals surface area contributed by atoms with E-state index in [0.29, 0.717) is 6.04 Å². The minimum absolute atomic E-state index is 0. The van der Waals surface area contributed by atoms with E-state index in [4.69, 9.17) is 0 Å². The van der Waals surface area contributed by atoms with E-state index in [1.54, 1.807) is 0 Å². The Kier molecular flexibility index (Phi) is 9.50. The lowest BCUT2D eigenvalue weighted by Crippen LogP contribution is -2.46. The second-order valence-electron chi connectivity index (χ2n) is 7.34. The molecule has 1 saturated heterocycles. The summed E-state index contributed by atoms with van der Waals surface area (Å²) in [6.07, 6.45) is 4.89. The lowest BCUT2D eigenvalue weighted by Gasteiger charge is -2.27. The van der Waals surface area contributed by atoms with Crippen LogP contribution in [0.4, 0.5) is 0 Å². The number of guanidine groups is 1. The van der Waals surface area contributed by atoms with Crippen molar-refractivity contribution in [3.63, 3.8) is 0 Å². The monoisotopic (exact) mass is 498 g/mol. The van der Waals surface area contributed by atoms with E-state index < -0.39 is 0 Å². The fourth-order valence-electron chi connectivity index (χ4n) is 4.00. The van der Waals surface area contributed by atoms with E-state index >= 15 is 0 Å². The first-order chi connectivity index (χ1) is 13.2. The van der Waals surface area contributed by atoms with E-state index in [9.17, 15) is 0 Å². The van der Waals surface area contributed by atoms with Crippen LogP contribution in [-0.4, -0.2) is 59.7 Å². The number of nitrogens with one attached hydrogen (secondary N) is 2. The summed E-state index contributed by atoms with van der Waals surface area (Å²) in [5.41, 5.74) is 2.29. The predicted octanol–water partition coefficient (Wildman–Crippen LogP) is 3.39. The Hall–Kier alpha value is -1.35. The standard InChI is InChI=1S/C21H34N6.HI/c1-4-18(26-13-7-8-14-26)16-24-21(22-3)23-12-9-15-27-17(2)25-19-10-5-6-11-20(19)27;/h5-6,10-11,18H,4,7-9,12-16H2,1-3H3,(H2,22,23,24);1H. The maximum atomic E-state index is 4.64. The number of benzene rings is 1. The highest BCUT2D eigenvalue weighted by molar-refractivity contribution is 14.0. The number of hydrogen-bond donors (Lipinski definition) is 2. The van der Waals surface area contributed by atoms with Crippen LogP contribution in [0.3, 0.4) is 0 Å². The SMILES string of the molecule is CCC(CNC(=NC)NCCCn1c(C)nc2ccccc21)N1CCCC1.I. The highest BCUT2D eigenvalue weighted by Gasteiger charge is 2.20. The van der Waals surface area contributed by atoms with Crippen molar-refractivity contribution >= 4 is 41.0 Å². The van der Waals surface area contributed by atoms with Crippen LogP contribution >= 0.6 is 24.0 Å². The Balaban J connectivity index is 0.00000280. The zero-order valence-corrected chi connectivity index (χ0v) is 19.8. The molecule has 1 aliphatic rings. The summed E-state index contributed by atoms with van der Waals surface area (Å²) in [7, 11) is 1.85. The Morgan fingerprint density at radius 2 is 1.96 bits per heavy atom. The van der Waals surface area contributed by atoms with Crippen molar-refractivity contribution in [1.82, 2.24) is 25.1 Å². The number of imidazole rings is 1. The van der Waals surface area contributed by atoms with Gasteiger partial charge in [0.25, 0.3) is 0 Å². The number of aromatic nitrogens is 2. The first kappa shape index (κ1) is 22.9.